The summed E-state index contributed by atoms with van der Waals surface area (Å²) >= 11 is 3.12. The third-order valence-electron chi connectivity index (χ3n) is 1.90. The normalized spacial score (nSPS) is 12.7. The number of hydrogen-bond donors (Lipinski definition) is 1. The maximum absolute atomic E-state index is 12.5. The molecule has 0 radical (unpaired) electrons. The SMILES string of the molecule is CC(C)(Nc1ncccc1Br)C(F)(F)F. The van der Waals surface area contributed by atoms with Gasteiger partial charge >= 0.3 is 6.18 Å². The van der Waals surface area contributed by atoms with Gasteiger partial charge in [0.2, 0.25) is 0 Å². The van der Waals surface area contributed by atoms with E-state index in [1.165, 1.54) is 6.20 Å². The summed E-state index contributed by atoms with van der Waals surface area (Å²) in [5.41, 5.74) is -2.01. The molecular weight excluding hydrogens is 273 g/mol. The van der Waals surface area contributed by atoms with Gasteiger partial charge in [0.15, 0.2) is 0 Å². The van der Waals surface area contributed by atoms with Crippen molar-refractivity contribution in [3.05, 3.63) is 22.8 Å². The molecule has 0 atom stereocenters. The molecule has 1 aromatic heterocycles. The second kappa shape index (κ2) is 4.00. The third kappa shape index (κ3) is 2.84. The van der Waals surface area contributed by atoms with Crippen molar-refractivity contribution >= 4 is 21.7 Å². The predicted molar refractivity (Wildman–Crippen MR) is 55.7 cm³/mol. The van der Waals surface area contributed by atoms with Gasteiger partial charge in [-0.1, -0.05) is 0 Å². The summed E-state index contributed by atoms with van der Waals surface area (Å²) < 4.78 is 38.1. The van der Waals surface area contributed by atoms with Crippen LogP contribution in [-0.4, -0.2) is 16.7 Å². The zero-order valence-electron chi connectivity index (χ0n) is 8.19. The predicted octanol–water partition coefficient (Wildman–Crippen LogP) is 3.60. The van der Waals surface area contributed by atoms with Crippen molar-refractivity contribution in [2.75, 3.05) is 5.32 Å². The van der Waals surface area contributed by atoms with Crippen LogP contribution in [0, 0.1) is 0 Å². The highest BCUT2D eigenvalue weighted by Crippen LogP contribution is 2.33. The first kappa shape index (κ1) is 12.3. The topological polar surface area (TPSA) is 24.9 Å². The Morgan fingerprint density at radius 1 is 1.33 bits per heavy atom. The molecule has 6 heteroatoms. The molecule has 84 valence electrons. The number of halogens is 4. The molecule has 1 rings (SSSR count). The van der Waals surface area contributed by atoms with Crippen LogP contribution < -0.4 is 5.32 Å². The molecule has 0 aliphatic carbocycles. The van der Waals surface area contributed by atoms with Crippen LogP contribution in [0.4, 0.5) is 19.0 Å². The van der Waals surface area contributed by atoms with Crippen molar-refractivity contribution in [2.24, 2.45) is 0 Å². The monoisotopic (exact) mass is 282 g/mol. The van der Waals surface area contributed by atoms with Gasteiger partial charge in [-0.05, 0) is 41.9 Å². The Bertz CT molecular complexity index is 349. The van der Waals surface area contributed by atoms with E-state index in [-0.39, 0.29) is 5.82 Å². The van der Waals surface area contributed by atoms with Crippen LogP contribution in [0.5, 0.6) is 0 Å². The molecular formula is C9H10BrF3N2. The van der Waals surface area contributed by atoms with Gasteiger partial charge in [-0.2, -0.15) is 13.2 Å². The molecule has 0 saturated heterocycles. The Morgan fingerprint density at radius 3 is 2.40 bits per heavy atom. The molecule has 1 heterocycles. The molecule has 0 aliphatic heterocycles. The minimum atomic E-state index is -4.33. The number of alkyl halides is 3. The van der Waals surface area contributed by atoms with E-state index >= 15 is 0 Å². The molecule has 0 fully saturated rings. The summed E-state index contributed by atoms with van der Waals surface area (Å²) in [5, 5.41) is 2.34. The van der Waals surface area contributed by atoms with Gasteiger partial charge in [0.25, 0.3) is 0 Å². The maximum atomic E-state index is 12.5. The molecule has 2 nitrogen and oxygen atoms in total. The van der Waals surface area contributed by atoms with Crippen molar-refractivity contribution in [1.82, 2.24) is 4.98 Å². The average molecular weight is 283 g/mol. The number of rotatable bonds is 2. The Labute approximate surface area is 94.0 Å². The van der Waals surface area contributed by atoms with Crippen molar-refractivity contribution in [3.63, 3.8) is 0 Å². The van der Waals surface area contributed by atoms with Crippen LogP contribution >= 0.6 is 15.9 Å². The fourth-order valence-corrected chi connectivity index (χ4v) is 1.20. The maximum Gasteiger partial charge on any atom is 0.410 e. The molecule has 0 unspecified atom stereocenters. The van der Waals surface area contributed by atoms with E-state index in [9.17, 15) is 13.2 Å². The Hall–Kier alpha value is -0.780. The molecule has 0 bridgehead atoms. The van der Waals surface area contributed by atoms with Crippen LogP contribution in [0.3, 0.4) is 0 Å². The summed E-state index contributed by atoms with van der Waals surface area (Å²) in [5.74, 6) is 0.180. The molecule has 0 aliphatic rings. The average Bonchev–Trinajstić information content (AvgIpc) is 2.06. The highest BCUT2D eigenvalue weighted by atomic mass is 79.9. The van der Waals surface area contributed by atoms with E-state index < -0.39 is 11.7 Å². The summed E-state index contributed by atoms with van der Waals surface area (Å²) in [7, 11) is 0. The number of aromatic nitrogens is 1. The third-order valence-corrected chi connectivity index (χ3v) is 2.54. The van der Waals surface area contributed by atoms with E-state index in [1.807, 2.05) is 0 Å². The summed E-state index contributed by atoms with van der Waals surface area (Å²) in [4.78, 5) is 3.82. The first-order chi connectivity index (χ1) is 6.74. The van der Waals surface area contributed by atoms with Gasteiger partial charge in [0, 0.05) is 6.20 Å². The van der Waals surface area contributed by atoms with Gasteiger partial charge in [-0.25, -0.2) is 4.98 Å². The lowest BCUT2D eigenvalue weighted by molar-refractivity contribution is -0.168. The summed E-state index contributed by atoms with van der Waals surface area (Å²) in [6, 6.07) is 3.26. The van der Waals surface area contributed by atoms with Crippen LogP contribution in [0.15, 0.2) is 22.8 Å². The van der Waals surface area contributed by atoms with E-state index in [4.69, 9.17) is 0 Å². The van der Waals surface area contributed by atoms with Crippen LogP contribution in [0.1, 0.15) is 13.8 Å². The Morgan fingerprint density at radius 2 is 1.93 bits per heavy atom. The molecule has 0 saturated carbocycles. The van der Waals surface area contributed by atoms with Crippen LogP contribution in [0.2, 0.25) is 0 Å². The number of pyridine rings is 1. The van der Waals surface area contributed by atoms with E-state index in [0.29, 0.717) is 4.47 Å². The Balaban J connectivity index is 2.92. The van der Waals surface area contributed by atoms with Crippen molar-refractivity contribution in [1.29, 1.82) is 0 Å². The molecule has 0 spiro atoms. The number of anilines is 1. The molecule has 15 heavy (non-hydrogen) atoms. The van der Waals surface area contributed by atoms with Gasteiger partial charge < -0.3 is 5.32 Å². The van der Waals surface area contributed by atoms with Crippen molar-refractivity contribution < 1.29 is 13.2 Å². The van der Waals surface area contributed by atoms with E-state index in [2.05, 4.69) is 26.2 Å². The van der Waals surface area contributed by atoms with Gasteiger partial charge in [-0.15, -0.1) is 0 Å². The Kier molecular flexibility index (Phi) is 3.28. The minimum Gasteiger partial charge on any atom is -0.356 e. The first-order valence-corrected chi connectivity index (χ1v) is 4.99. The smallest absolute Gasteiger partial charge is 0.356 e. The van der Waals surface area contributed by atoms with Gasteiger partial charge in [0.1, 0.15) is 11.4 Å². The van der Waals surface area contributed by atoms with Crippen LogP contribution in [-0.2, 0) is 0 Å². The second-order valence-corrected chi connectivity index (χ2v) is 4.44. The fraction of sp³-hybridized carbons (Fsp3) is 0.444. The first-order valence-electron chi connectivity index (χ1n) is 4.19. The lowest BCUT2D eigenvalue weighted by Gasteiger charge is -2.29. The molecule has 0 aromatic carbocycles. The van der Waals surface area contributed by atoms with E-state index in [0.717, 1.165) is 13.8 Å². The fourth-order valence-electron chi connectivity index (χ4n) is 0.845. The largest absolute Gasteiger partial charge is 0.410 e. The zero-order chi connectivity index (χ0) is 11.7. The highest BCUT2D eigenvalue weighted by Gasteiger charge is 2.47. The van der Waals surface area contributed by atoms with E-state index in [1.54, 1.807) is 12.1 Å². The number of hydrogen-bond acceptors (Lipinski definition) is 2. The number of nitrogens with zero attached hydrogens (tertiary/aromatic N) is 1. The second-order valence-electron chi connectivity index (χ2n) is 3.58. The minimum absolute atomic E-state index is 0.180. The molecule has 0 amide bonds. The summed E-state index contributed by atoms with van der Waals surface area (Å²) in [6.45, 7) is 2.13. The van der Waals surface area contributed by atoms with Gasteiger partial charge in [0.05, 0.1) is 4.47 Å². The zero-order valence-corrected chi connectivity index (χ0v) is 9.78. The van der Waals surface area contributed by atoms with Crippen molar-refractivity contribution in [2.45, 2.75) is 25.6 Å². The highest BCUT2D eigenvalue weighted by molar-refractivity contribution is 9.10. The van der Waals surface area contributed by atoms with Crippen molar-refractivity contribution in [3.8, 4) is 0 Å². The molecule has 1 N–H and O–H groups in total. The molecule has 1 aromatic rings. The quantitative estimate of drug-likeness (QED) is 0.897. The van der Waals surface area contributed by atoms with Crippen LogP contribution in [0.25, 0.3) is 0 Å². The lowest BCUT2D eigenvalue weighted by Crippen LogP contribution is -2.46. The lowest BCUT2D eigenvalue weighted by atomic mass is 10.1. The summed E-state index contributed by atoms with van der Waals surface area (Å²) in [6.07, 6.45) is -2.90. The standard InChI is InChI=1S/C9H10BrF3N2/c1-8(2,9(11,12)13)15-7-6(10)4-3-5-14-7/h3-5H,1-2H3,(H,14,15). The number of nitrogens with one attached hydrogen (secondary N) is 1. The van der Waals surface area contributed by atoms with Gasteiger partial charge in [-0.3, -0.25) is 0 Å².